The van der Waals surface area contributed by atoms with E-state index in [4.69, 9.17) is 4.74 Å². The minimum absolute atomic E-state index is 0.0401. The number of amides is 2. The van der Waals surface area contributed by atoms with E-state index in [-0.39, 0.29) is 36.4 Å². The van der Waals surface area contributed by atoms with Crippen molar-refractivity contribution < 1.29 is 19.1 Å². The maximum Gasteiger partial charge on any atom is 0.316 e. The van der Waals surface area contributed by atoms with Crippen LogP contribution in [0.15, 0.2) is 64.6 Å². The van der Waals surface area contributed by atoms with E-state index in [0.29, 0.717) is 29.8 Å². The number of benzene rings is 2. The topological polar surface area (TPSA) is 100 Å². The second-order valence-electron chi connectivity index (χ2n) is 7.45. The van der Waals surface area contributed by atoms with E-state index in [0.717, 1.165) is 22.9 Å². The summed E-state index contributed by atoms with van der Waals surface area (Å²) < 4.78 is 4.99. The van der Waals surface area contributed by atoms with Gasteiger partial charge in [0.2, 0.25) is 5.91 Å². The van der Waals surface area contributed by atoms with Gasteiger partial charge < -0.3 is 10.1 Å². The van der Waals surface area contributed by atoms with Gasteiger partial charge in [0.15, 0.2) is 5.17 Å². The number of hydrogen-bond donors (Lipinski definition) is 1. The summed E-state index contributed by atoms with van der Waals surface area (Å²) in [6.07, 6.45) is 0.468. The van der Waals surface area contributed by atoms with Crippen LogP contribution in [-0.2, 0) is 25.7 Å². The van der Waals surface area contributed by atoms with E-state index >= 15 is 0 Å². The van der Waals surface area contributed by atoms with Crippen molar-refractivity contribution in [2.24, 2.45) is 9.98 Å². The van der Waals surface area contributed by atoms with Crippen LogP contribution >= 0.6 is 11.8 Å². The molecule has 170 valence electrons. The lowest BCUT2D eigenvalue weighted by molar-refractivity contribution is -0.139. The molecule has 0 radical (unpaired) electrons. The lowest BCUT2D eigenvalue weighted by atomic mass is 10.1. The fraction of sp³-hybridized carbons (Fsp3) is 0.292. The molecule has 0 unspecified atom stereocenters. The molecule has 0 aromatic heterocycles. The minimum atomic E-state index is -0.679. The minimum Gasteiger partial charge on any atom is -0.465 e. The molecule has 9 heteroatoms. The Morgan fingerprint density at radius 1 is 1.12 bits per heavy atom. The lowest BCUT2D eigenvalue weighted by Gasteiger charge is -2.25. The average Bonchev–Trinajstić information content (AvgIpc) is 3.17. The van der Waals surface area contributed by atoms with Crippen LogP contribution in [0.2, 0.25) is 0 Å². The predicted octanol–water partition coefficient (Wildman–Crippen LogP) is 3.04. The summed E-state index contributed by atoms with van der Waals surface area (Å²) in [5.74, 6) is -0.209. The number of ether oxygens (including phenoxy) is 1. The number of esters is 1. The van der Waals surface area contributed by atoms with Gasteiger partial charge >= 0.3 is 5.97 Å². The molecule has 2 aromatic carbocycles. The smallest absolute Gasteiger partial charge is 0.316 e. The molecule has 2 aromatic rings. The van der Waals surface area contributed by atoms with E-state index < -0.39 is 6.04 Å². The van der Waals surface area contributed by atoms with Gasteiger partial charge in [-0.25, -0.2) is 9.89 Å². The maximum absolute atomic E-state index is 13.2. The van der Waals surface area contributed by atoms with Crippen molar-refractivity contribution in [2.75, 3.05) is 12.4 Å². The third-order valence-corrected chi connectivity index (χ3v) is 6.06. The van der Waals surface area contributed by atoms with E-state index in [1.807, 2.05) is 54.6 Å². The van der Waals surface area contributed by atoms with Crippen molar-refractivity contribution in [1.29, 1.82) is 0 Å². The Morgan fingerprint density at radius 2 is 1.88 bits per heavy atom. The Labute approximate surface area is 196 Å². The first kappa shape index (κ1) is 22.7. The van der Waals surface area contributed by atoms with Gasteiger partial charge in [-0.15, -0.1) is 0 Å². The second kappa shape index (κ2) is 10.4. The highest BCUT2D eigenvalue weighted by atomic mass is 32.2. The number of carbonyl (C=O) groups is 3. The predicted molar refractivity (Wildman–Crippen MR) is 127 cm³/mol. The fourth-order valence-electron chi connectivity index (χ4n) is 3.57. The Balaban J connectivity index is 1.44. The summed E-state index contributed by atoms with van der Waals surface area (Å²) in [6.45, 7) is 2.47. The Kier molecular flexibility index (Phi) is 7.19. The van der Waals surface area contributed by atoms with Crippen LogP contribution in [0.4, 0.5) is 5.69 Å². The maximum atomic E-state index is 13.2. The van der Waals surface area contributed by atoms with Gasteiger partial charge in [0, 0.05) is 18.5 Å². The van der Waals surface area contributed by atoms with E-state index in [2.05, 4.69) is 15.3 Å². The number of nitrogens with one attached hydrogen (secondary N) is 1. The molecule has 0 bridgehead atoms. The van der Waals surface area contributed by atoms with Gasteiger partial charge in [-0.3, -0.25) is 19.4 Å². The quantitative estimate of drug-likeness (QED) is 0.606. The van der Waals surface area contributed by atoms with Crippen molar-refractivity contribution in [2.45, 2.75) is 32.4 Å². The Bertz CT molecular complexity index is 1120. The van der Waals surface area contributed by atoms with E-state index in [1.54, 1.807) is 6.92 Å². The number of rotatable bonds is 8. The molecule has 2 heterocycles. The zero-order valence-electron chi connectivity index (χ0n) is 18.2. The van der Waals surface area contributed by atoms with Crippen LogP contribution in [0.1, 0.15) is 30.9 Å². The summed E-state index contributed by atoms with van der Waals surface area (Å²) in [5.41, 5.74) is 2.45. The van der Waals surface area contributed by atoms with E-state index in [1.165, 1.54) is 4.90 Å². The summed E-state index contributed by atoms with van der Waals surface area (Å²) in [5, 5.41) is 3.27. The number of carbonyl (C=O) groups excluding carboxylic acids is 3. The standard InChI is InChI=1S/C24H24N4O4S/c1-2-32-21(30)15-33-24-27-18-11-7-6-10-17(18)22-26-19(23(31)28(22)24)12-13-20(29)25-14-16-8-4-3-5-9-16/h3-11,19H,2,12-15H2,1H3,(H,25,29)/t19-/m1/s1. The van der Waals surface area contributed by atoms with Gasteiger partial charge in [0.05, 0.1) is 18.0 Å². The van der Waals surface area contributed by atoms with Gasteiger partial charge in [-0.2, -0.15) is 0 Å². The normalized spacial score (nSPS) is 16.5. The van der Waals surface area contributed by atoms with Crippen molar-refractivity contribution in [3.05, 3.63) is 65.7 Å². The number of nitrogens with zero attached hydrogens (tertiary/aromatic N) is 3. The second-order valence-corrected chi connectivity index (χ2v) is 8.39. The van der Waals surface area contributed by atoms with Crippen LogP contribution in [0.5, 0.6) is 0 Å². The van der Waals surface area contributed by atoms with Crippen LogP contribution in [-0.4, -0.2) is 52.1 Å². The Hall–Kier alpha value is -3.46. The summed E-state index contributed by atoms with van der Waals surface area (Å²) >= 11 is 1.14. The first-order valence-electron chi connectivity index (χ1n) is 10.8. The van der Waals surface area contributed by atoms with Crippen molar-refractivity contribution >= 4 is 46.2 Å². The molecule has 8 nitrogen and oxygen atoms in total. The molecule has 4 rings (SSSR count). The molecule has 0 spiro atoms. The monoisotopic (exact) mass is 464 g/mol. The number of aliphatic imine (C=N–C) groups is 2. The molecule has 33 heavy (non-hydrogen) atoms. The van der Waals surface area contributed by atoms with Crippen molar-refractivity contribution in [3.63, 3.8) is 0 Å². The van der Waals surface area contributed by atoms with Crippen molar-refractivity contribution in [1.82, 2.24) is 10.2 Å². The van der Waals surface area contributed by atoms with Crippen LogP contribution in [0, 0.1) is 0 Å². The molecular formula is C24H24N4O4S. The summed E-state index contributed by atoms with van der Waals surface area (Å²) in [4.78, 5) is 48.0. The van der Waals surface area contributed by atoms with Crippen molar-refractivity contribution in [3.8, 4) is 0 Å². The molecule has 0 fully saturated rings. The van der Waals surface area contributed by atoms with Gasteiger partial charge in [0.1, 0.15) is 11.9 Å². The SMILES string of the molecule is CCOC(=O)CSC1=Nc2ccccc2C2=N[C@H](CCC(=O)NCc3ccccc3)C(=O)N12. The fourth-order valence-corrected chi connectivity index (χ4v) is 4.36. The molecule has 2 aliphatic heterocycles. The molecule has 1 N–H and O–H groups in total. The highest BCUT2D eigenvalue weighted by Crippen LogP contribution is 2.34. The lowest BCUT2D eigenvalue weighted by Crippen LogP contribution is -2.41. The number of hydrogen-bond acceptors (Lipinski definition) is 7. The zero-order chi connectivity index (χ0) is 23.2. The molecule has 0 saturated carbocycles. The Morgan fingerprint density at radius 3 is 2.67 bits per heavy atom. The molecule has 2 aliphatic rings. The van der Waals surface area contributed by atoms with Gasteiger partial charge in [0.25, 0.3) is 5.91 Å². The number of amidine groups is 2. The average molecular weight is 465 g/mol. The van der Waals surface area contributed by atoms with E-state index in [9.17, 15) is 14.4 Å². The van der Waals surface area contributed by atoms with Crippen LogP contribution in [0.3, 0.4) is 0 Å². The molecule has 1 atom stereocenters. The zero-order valence-corrected chi connectivity index (χ0v) is 19.0. The van der Waals surface area contributed by atoms with Gasteiger partial charge in [-0.1, -0.05) is 54.2 Å². The highest BCUT2D eigenvalue weighted by molar-refractivity contribution is 8.14. The summed E-state index contributed by atoms with van der Waals surface area (Å²) in [7, 11) is 0. The number of fused-ring (bicyclic) bond motifs is 3. The van der Waals surface area contributed by atoms with Gasteiger partial charge in [-0.05, 0) is 31.0 Å². The number of para-hydroxylation sites is 1. The molecule has 0 aliphatic carbocycles. The third kappa shape index (κ3) is 5.31. The number of thioether (sulfide) groups is 1. The highest BCUT2D eigenvalue weighted by Gasteiger charge is 2.41. The first-order valence-corrected chi connectivity index (χ1v) is 11.7. The molecule has 2 amide bonds. The van der Waals surface area contributed by atoms with Crippen LogP contribution in [0.25, 0.3) is 0 Å². The third-order valence-electron chi connectivity index (χ3n) is 5.15. The first-order chi connectivity index (χ1) is 16.1. The molecular weight excluding hydrogens is 440 g/mol. The molecule has 0 saturated heterocycles. The largest absolute Gasteiger partial charge is 0.465 e. The summed E-state index contributed by atoms with van der Waals surface area (Å²) in [6, 6.07) is 16.4. The van der Waals surface area contributed by atoms with Crippen LogP contribution < -0.4 is 5.32 Å².